The summed E-state index contributed by atoms with van der Waals surface area (Å²) in [6.45, 7) is 2.89. The van der Waals surface area contributed by atoms with E-state index in [4.69, 9.17) is 5.10 Å². The zero-order valence-corrected chi connectivity index (χ0v) is 16.9. The quantitative estimate of drug-likeness (QED) is 0.555. The predicted octanol–water partition coefficient (Wildman–Crippen LogP) is 1.97. The summed E-state index contributed by atoms with van der Waals surface area (Å²) in [5.41, 5.74) is 5.42. The third-order valence-electron chi connectivity index (χ3n) is 5.67. The van der Waals surface area contributed by atoms with Gasteiger partial charge in [0.15, 0.2) is 5.65 Å². The number of rotatable bonds is 2. The van der Waals surface area contributed by atoms with E-state index in [1.165, 1.54) is 16.3 Å². The van der Waals surface area contributed by atoms with E-state index in [9.17, 15) is 9.59 Å². The Labute approximate surface area is 172 Å². The van der Waals surface area contributed by atoms with Crippen molar-refractivity contribution < 1.29 is 4.79 Å². The number of carbonyl (C=O) groups excluding carboxylic acids is 1. The molecule has 1 aliphatic heterocycles. The number of H-pyrrole nitrogens is 1. The van der Waals surface area contributed by atoms with E-state index >= 15 is 0 Å². The number of nitrogens with zero attached hydrogens (tertiary/aromatic N) is 5. The molecule has 30 heavy (non-hydrogen) atoms. The smallest absolute Gasteiger partial charge is 0.285 e. The molecule has 0 saturated carbocycles. The first-order chi connectivity index (χ1) is 14.5. The number of hydrogen-bond acceptors (Lipinski definition) is 4. The number of aromatic amines is 1. The molecule has 0 bridgehead atoms. The first kappa shape index (κ1) is 18.4. The highest BCUT2D eigenvalue weighted by atomic mass is 16.2. The van der Waals surface area contributed by atoms with Gasteiger partial charge in [-0.15, -0.1) is 0 Å². The van der Waals surface area contributed by atoms with Crippen LogP contribution in [0.15, 0.2) is 47.4 Å². The maximum absolute atomic E-state index is 13.2. The second-order valence-electron chi connectivity index (χ2n) is 7.67. The summed E-state index contributed by atoms with van der Waals surface area (Å²) >= 11 is 0. The van der Waals surface area contributed by atoms with E-state index in [-0.39, 0.29) is 17.0 Å². The van der Waals surface area contributed by atoms with Crippen molar-refractivity contribution in [2.75, 3.05) is 13.1 Å². The van der Waals surface area contributed by atoms with Gasteiger partial charge in [-0.05, 0) is 13.3 Å². The Hall–Kier alpha value is -3.68. The van der Waals surface area contributed by atoms with Crippen LogP contribution >= 0.6 is 0 Å². The predicted molar refractivity (Wildman–Crippen MR) is 113 cm³/mol. The minimum atomic E-state index is -0.371. The Morgan fingerprint density at radius 3 is 2.70 bits per heavy atom. The minimum Gasteiger partial charge on any atom is -0.338 e. The van der Waals surface area contributed by atoms with E-state index < -0.39 is 0 Å². The Kier molecular flexibility index (Phi) is 4.27. The van der Waals surface area contributed by atoms with Crippen molar-refractivity contribution in [2.45, 2.75) is 19.8 Å². The Balaban J connectivity index is 1.45. The van der Waals surface area contributed by atoms with E-state index in [1.54, 1.807) is 11.0 Å². The van der Waals surface area contributed by atoms with Crippen LogP contribution in [0.1, 0.15) is 27.3 Å². The summed E-state index contributed by atoms with van der Waals surface area (Å²) < 4.78 is 3.25. The van der Waals surface area contributed by atoms with Crippen molar-refractivity contribution in [3.05, 3.63) is 75.5 Å². The number of hydrogen-bond donors (Lipinski definition) is 1. The normalized spacial score (nSPS) is 14.0. The van der Waals surface area contributed by atoms with Gasteiger partial charge in [0.05, 0.1) is 11.4 Å². The highest BCUT2D eigenvalue weighted by Gasteiger charge is 2.26. The molecule has 3 aromatic heterocycles. The lowest BCUT2D eigenvalue weighted by Crippen LogP contribution is -2.37. The minimum absolute atomic E-state index is 0.0812. The van der Waals surface area contributed by atoms with E-state index in [0.717, 1.165) is 22.6 Å². The lowest BCUT2D eigenvalue weighted by molar-refractivity contribution is 0.0760. The van der Waals surface area contributed by atoms with Gasteiger partial charge in [0.2, 0.25) is 0 Å². The van der Waals surface area contributed by atoms with Crippen LogP contribution in [0.2, 0.25) is 0 Å². The van der Waals surface area contributed by atoms with Crippen molar-refractivity contribution in [1.82, 2.24) is 29.3 Å². The lowest BCUT2D eigenvalue weighted by Gasteiger charge is -2.20. The Morgan fingerprint density at radius 1 is 1.13 bits per heavy atom. The molecule has 1 N–H and O–H groups in total. The third kappa shape index (κ3) is 2.92. The molecule has 0 atom stereocenters. The van der Waals surface area contributed by atoms with E-state index in [1.807, 2.05) is 36.9 Å². The molecule has 8 nitrogen and oxygen atoms in total. The SMILES string of the molecule is Cc1cc2ncc(C(=O)N3CCc4nn(C)c(-c5ccccc5)c4CC3)c(=O)n2[nH]1. The number of fused-ring (bicyclic) bond motifs is 2. The number of benzene rings is 1. The summed E-state index contributed by atoms with van der Waals surface area (Å²) in [7, 11) is 1.96. The van der Waals surface area contributed by atoms with Crippen molar-refractivity contribution in [3.63, 3.8) is 0 Å². The van der Waals surface area contributed by atoms with Crippen LogP contribution in [-0.2, 0) is 19.9 Å². The number of aryl methyl sites for hydroxylation is 2. The van der Waals surface area contributed by atoms with Crippen molar-refractivity contribution >= 4 is 11.6 Å². The molecule has 1 aliphatic rings. The standard InChI is InChI=1S/C22H22N6O2/c1-14-12-19-23-13-17(22(30)28(19)24-14)21(29)27-10-8-16-18(9-11-27)25-26(2)20(16)15-6-4-3-5-7-15/h3-7,12-13,24H,8-11H2,1-2H3. The summed E-state index contributed by atoms with van der Waals surface area (Å²) in [4.78, 5) is 31.9. The van der Waals surface area contributed by atoms with Gasteiger partial charge in [0.1, 0.15) is 5.56 Å². The van der Waals surface area contributed by atoms with Gasteiger partial charge in [-0.3, -0.25) is 19.4 Å². The van der Waals surface area contributed by atoms with Crippen LogP contribution in [-0.4, -0.2) is 48.3 Å². The monoisotopic (exact) mass is 402 g/mol. The molecule has 5 rings (SSSR count). The fraction of sp³-hybridized carbons (Fsp3) is 0.273. The van der Waals surface area contributed by atoms with Gasteiger partial charge in [0, 0.05) is 55.6 Å². The molecule has 1 amide bonds. The molecule has 4 heterocycles. The third-order valence-corrected chi connectivity index (χ3v) is 5.67. The molecule has 0 saturated heterocycles. The van der Waals surface area contributed by atoms with E-state index in [2.05, 4.69) is 22.2 Å². The van der Waals surface area contributed by atoms with Crippen molar-refractivity contribution in [1.29, 1.82) is 0 Å². The fourth-order valence-corrected chi connectivity index (χ4v) is 4.24. The molecular weight excluding hydrogens is 380 g/mol. The molecule has 0 fully saturated rings. The second kappa shape index (κ2) is 6.98. The number of amides is 1. The van der Waals surface area contributed by atoms with Gasteiger partial charge < -0.3 is 4.90 Å². The Bertz CT molecular complexity index is 1310. The summed E-state index contributed by atoms with van der Waals surface area (Å²) in [6, 6.07) is 11.9. The van der Waals surface area contributed by atoms with Crippen molar-refractivity contribution in [3.8, 4) is 11.3 Å². The van der Waals surface area contributed by atoms with Crippen LogP contribution in [0.4, 0.5) is 0 Å². The van der Waals surface area contributed by atoms with Gasteiger partial charge in [-0.1, -0.05) is 30.3 Å². The molecule has 1 aromatic carbocycles. The molecule has 0 radical (unpaired) electrons. The number of aromatic nitrogens is 5. The van der Waals surface area contributed by atoms with Gasteiger partial charge >= 0.3 is 0 Å². The Morgan fingerprint density at radius 2 is 1.90 bits per heavy atom. The van der Waals surface area contributed by atoms with E-state index in [0.29, 0.717) is 31.6 Å². The fourth-order valence-electron chi connectivity index (χ4n) is 4.24. The summed E-state index contributed by atoms with van der Waals surface area (Å²) in [5.74, 6) is -0.287. The van der Waals surface area contributed by atoms with Crippen LogP contribution < -0.4 is 5.56 Å². The van der Waals surface area contributed by atoms with Crippen LogP contribution in [0, 0.1) is 6.92 Å². The largest absolute Gasteiger partial charge is 0.338 e. The molecular formula is C22H22N6O2. The second-order valence-corrected chi connectivity index (χ2v) is 7.67. The highest BCUT2D eigenvalue weighted by molar-refractivity contribution is 5.93. The highest BCUT2D eigenvalue weighted by Crippen LogP contribution is 2.28. The van der Waals surface area contributed by atoms with Crippen molar-refractivity contribution in [2.24, 2.45) is 7.05 Å². The molecule has 4 aromatic rings. The number of carbonyl (C=O) groups is 1. The lowest BCUT2D eigenvalue weighted by atomic mass is 10.0. The zero-order valence-electron chi connectivity index (χ0n) is 16.9. The van der Waals surface area contributed by atoms with Crippen LogP contribution in [0.25, 0.3) is 16.9 Å². The molecule has 0 aliphatic carbocycles. The average molecular weight is 402 g/mol. The first-order valence-corrected chi connectivity index (χ1v) is 10.00. The average Bonchev–Trinajstić information content (AvgIpc) is 3.20. The van der Waals surface area contributed by atoms with Crippen LogP contribution in [0.5, 0.6) is 0 Å². The zero-order chi connectivity index (χ0) is 20.8. The number of nitrogens with one attached hydrogen (secondary N) is 1. The first-order valence-electron chi connectivity index (χ1n) is 10.00. The van der Waals surface area contributed by atoms with Crippen LogP contribution in [0.3, 0.4) is 0 Å². The molecule has 0 spiro atoms. The summed E-state index contributed by atoms with van der Waals surface area (Å²) in [6.07, 6.45) is 2.73. The molecule has 8 heteroatoms. The van der Waals surface area contributed by atoms with Gasteiger partial charge in [-0.25, -0.2) is 9.50 Å². The molecule has 152 valence electrons. The maximum Gasteiger partial charge on any atom is 0.285 e. The van der Waals surface area contributed by atoms with Gasteiger partial charge in [0.25, 0.3) is 11.5 Å². The maximum atomic E-state index is 13.2. The summed E-state index contributed by atoms with van der Waals surface area (Å²) in [5, 5.41) is 7.65. The molecule has 0 unspecified atom stereocenters. The van der Waals surface area contributed by atoms with Gasteiger partial charge in [-0.2, -0.15) is 5.10 Å². The topological polar surface area (TPSA) is 88.3 Å².